The quantitative estimate of drug-likeness (QED) is 0.107. The van der Waals surface area contributed by atoms with E-state index in [1.54, 1.807) is 17.3 Å². The average Bonchev–Trinajstić information content (AvgIpc) is 4.06. The van der Waals surface area contributed by atoms with Crippen LogP contribution in [0.2, 0.25) is 0 Å². The maximum Gasteiger partial charge on any atom is 0.407 e. The highest BCUT2D eigenvalue weighted by Crippen LogP contribution is 2.35. The van der Waals surface area contributed by atoms with Crippen LogP contribution < -0.4 is 10.6 Å². The Balaban J connectivity index is 1.03. The summed E-state index contributed by atoms with van der Waals surface area (Å²) in [4.78, 5) is 76.2. The molecule has 15 heteroatoms. The number of methoxy groups -OCH3 is 2. The summed E-state index contributed by atoms with van der Waals surface area (Å²) in [5, 5.41) is 6.39. The molecule has 59 heavy (non-hydrogen) atoms. The van der Waals surface area contributed by atoms with E-state index in [1.165, 1.54) is 14.2 Å². The lowest BCUT2D eigenvalue weighted by Gasteiger charge is -2.37. The van der Waals surface area contributed by atoms with Crippen LogP contribution in [0.3, 0.4) is 0 Å². The summed E-state index contributed by atoms with van der Waals surface area (Å²) >= 11 is 0. The van der Waals surface area contributed by atoms with Crippen LogP contribution in [-0.2, 0) is 19.1 Å². The number of aromatic nitrogens is 5. The van der Waals surface area contributed by atoms with Crippen LogP contribution in [0.25, 0.3) is 44.7 Å². The van der Waals surface area contributed by atoms with Gasteiger partial charge in [-0.25, -0.2) is 24.5 Å². The van der Waals surface area contributed by atoms with Gasteiger partial charge in [0.15, 0.2) is 0 Å². The van der Waals surface area contributed by atoms with Crippen molar-refractivity contribution in [3.05, 3.63) is 78.6 Å². The smallest absolute Gasteiger partial charge is 0.407 e. The minimum Gasteiger partial charge on any atom is -0.453 e. The molecule has 2 fully saturated rings. The van der Waals surface area contributed by atoms with Gasteiger partial charge in [0.1, 0.15) is 23.7 Å². The molecule has 2 aromatic carbocycles. The molecule has 2 saturated heterocycles. The van der Waals surface area contributed by atoms with E-state index >= 15 is 0 Å². The van der Waals surface area contributed by atoms with Crippen LogP contribution >= 0.6 is 0 Å². The van der Waals surface area contributed by atoms with E-state index in [0.29, 0.717) is 18.9 Å². The van der Waals surface area contributed by atoms with Gasteiger partial charge in [0, 0.05) is 29.6 Å². The van der Waals surface area contributed by atoms with Gasteiger partial charge in [-0.15, -0.1) is 0 Å². The number of carbonyl (C=O) groups excluding carboxylic acids is 4. The Morgan fingerprint density at radius 1 is 0.661 bits per heavy atom. The van der Waals surface area contributed by atoms with Gasteiger partial charge in [0.05, 0.1) is 61.3 Å². The molecule has 15 nitrogen and oxygen atoms in total. The van der Waals surface area contributed by atoms with Crippen molar-refractivity contribution in [2.45, 2.75) is 84.0 Å². The number of hydrogen-bond acceptors (Lipinski definition) is 9. The minimum absolute atomic E-state index is 0.111. The van der Waals surface area contributed by atoms with Gasteiger partial charge in [-0.05, 0) is 67.7 Å². The maximum absolute atomic E-state index is 13.7. The highest BCUT2D eigenvalue weighted by molar-refractivity contribution is 5.88. The lowest BCUT2D eigenvalue weighted by atomic mass is 9.97. The number of carbonyl (C=O) groups is 4. The number of imidazole rings is 2. The molecule has 2 aliphatic rings. The fourth-order valence-corrected chi connectivity index (χ4v) is 8.13. The molecule has 5 heterocycles. The van der Waals surface area contributed by atoms with Crippen LogP contribution in [0.4, 0.5) is 9.59 Å². The Morgan fingerprint density at radius 2 is 1.17 bits per heavy atom. The molecule has 0 aliphatic carbocycles. The van der Waals surface area contributed by atoms with Crippen LogP contribution in [0.15, 0.2) is 67.0 Å². The molecule has 0 spiro atoms. The zero-order chi connectivity index (χ0) is 41.8. The summed E-state index contributed by atoms with van der Waals surface area (Å²) in [6, 6.07) is 16.5. The molecule has 4 atom stereocenters. The summed E-state index contributed by atoms with van der Waals surface area (Å²) < 4.78 is 9.55. The second kappa shape index (κ2) is 17.7. The summed E-state index contributed by atoms with van der Waals surface area (Å²) in [5.74, 6) is 0.928. The molecule has 5 aromatic rings. The van der Waals surface area contributed by atoms with Gasteiger partial charge >= 0.3 is 12.2 Å². The summed E-state index contributed by atoms with van der Waals surface area (Å²) in [6.07, 6.45) is 6.60. The zero-order valence-corrected chi connectivity index (χ0v) is 34.5. The molecule has 3 aromatic heterocycles. The number of likely N-dealkylation sites (tertiary alicyclic amines) is 2. The van der Waals surface area contributed by atoms with Crippen molar-refractivity contribution in [1.82, 2.24) is 45.4 Å². The maximum atomic E-state index is 13.7. The molecular formula is C44H53N9O6. The molecule has 2 aliphatic heterocycles. The van der Waals surface area contributed by atoms with Gasteiger partial charge in [-0.1, -0.05) is 64.1 Å². The van der Waals surface area contributed by atoms with Gasteiger partial charge in [-0.2, -0.15) is 0 Å². The van der Waals surface area contributed by atoms with Crippen LogP contribution in [0.1, 0.15) is 83.5 Å². The number of piperidine rings is 1. The van der Waals surface area contributed by atoms with E-state index in [-0.39, 0.29) is 35.7 Å². The lowest BCUT2D eigenvalue weighted by molar-refractivity contribution is -0.138. The predicted molar refractivity (Wildman–Crippen MR) is 223 cm³/mol. The number of rotatable bonds is 11. The highest BCUT2D eigenvalue weighted by atomic mass is 16.5. The number of nitrogens with one attached hydrogen (secondary N) is 4. The van der Waals surface area contributed by atoms with Crippen molar-refractivity contribution < 1.29 is 28.7 Å². The van der Waals surface area contributed by atoms with Crippen molar-refractivity contribution in [2.24, 2.45) is 11.8 Å². The Labute approximate surface area is 343 Å². The van der Waals surface area contributed by atoms with Crippen LogP contribution in [-0.4, -0.2) is 98.1 Å². The predicted octanol–water partition coefficient (Wildman–Crippen LogP) is 7.16. The third-order valence-electron chi connectivity index (χ3n) is 11.4. The summed E-state index contributed by atoms with van der Waals surface area (Å²) in [7, 11) is 2.58. The first-order valence-corrected chi connectivity index (χ1v) is 20.4. The normalized spacial score (nSPS) is 17.9. The number of H-pyrrole nitrogens is 2. The molecule has 0 bridgehead atoms. The van der Waals surface area contributed by atoms with E-state index in [0.717, 1.165) is 82.6 Å². The Bertz CT molecular complexity index is 2300. The van der Waals surface area contributed by atoms with Gasteiger partial charge in [-0.3, -0.25) is 9.59 Å². The number of pyridine rings is 1. The van der Waals surface area contributed by atoms with Crippen molar-refractivity contribution in [2.75, 3.05) is 27.3 Å². The first kappa shape index (κ1) is 40.9. The van der Waals surface area contributed by atoms with Gasteiger partial charge < -0.3 is 39.9 Å². The molecule has 4 N–H and O–H groups in total. The monoisotopic (exact) mass is 803 g/mol. The number of amides is 4. The Morgan fingerprint density at radius 3 is 1.73 bits per heavy atom. The second-order valence-electron chi connectivity index (χ2n) is 16.0. The number of hydrogen-bond donors (Lipinski definition) is 4. The first-order valence-electron chi connectivity index (χ1n) is 20.4. The SMILES string of the molecule is COC(=O)NC(C(=O)N1CCCCC1c1ncc(-c2ccc(-c3ccc4cc(-c5cnc(C6CCCN6C(=O)C(NC(=O)OC)C(C)C)[nH]5)ccc4n3)cc2)[nH]1)C(C)C. The molecule has 7 rings (SSSR count). The highest BCUT2D eigenvalue weighted by Gasteiger charge is 2.38. The van der Waals surface area contributed by atoms with Crippen LogP contribution in [0, 0.1) is 11.8 Å². The molecule has 310 valence electrons. The second-order valence-corrected chi connectivity index (χ2v) is 16.0. The summed E-state index contributed by atoms with van der Waals surface area (Å²) in [6.45, 7) is 8.79. The fraction of sp³-hybridized carbons (Fsp3) is 0.432. The van der Waals surface area contributed by atoms with E-state index in [2.05, 4.69) is 32.7 Å². The number of alkyl carbamates (subject to hydrolysis) is 2. The molecule has 0 radical (unpaired) electrons. The zero-order valence-electron chi connectivity index (χ0n) is 34.5. The average molecular weight is 804 g/mol. The van der Waals surface area contributed by atoms with E-state index in [9.17, 15) is 19.2 Å². The van der Waals surface area contributed by atoms with E-state index in [4.69, 9.17) is 24.4 Å². The number of ether oxygens (including phenoxy) is 2. The number of fused-ring (bicyclic) bond motifs is 1. The number of nitrogens with zero attached hydrogens (tertiary/aromatic N) is 5. The first-order chi connectivity index (χ1) is 28.4. The number of benzene rings is 2. The topological polar surface area (TPSA) is 188 Å². The Hall–Kier alpha value is -6.25. The standard InChI is InChI=1S/C44H53N9O6/c1-25(2)37(50-43(56)58-5)41(54)52-20-8-7-10-35(52)39-45-23-33(48-39)28-14-12-27(13-15-28)31-18-16-29-22-30(17-19-32(29)47-31)34-24-46-40(49-34)36-11-9-21-53(36)42(55)38(26(3)4)51-44(57)59-6/h12-19,22-26,35-38H,7-11,20-21H2,1-6H3,(H,45,48)(H,46,49)(H,50,56)(H,51,57). The Kier molecular flexibility index (Phi) is 12.3. The van der Waals surface area contributed by atoms with Crippen molar-refractivity contribution in [3.8, 4) is 33.8 Å². The molecule has 0 saturated carbocycles. The molecule has 4 amide bonds. The molecular weight excluding hydrogens is 751 g/mol. The van der Waals surface area contributed by atoms with Crippen LogP contribution in [0.5, 0.6) is 0 Å². The van der Waals surface area contributed by atoms with Gasteiger partial charge in [0.25, 0.3) is 0 Å². The third kappa shape index (κ3) is 8.78. The molecule has 4 unspecified atom stereocenters. The van der Waals surface area contributed by atoms with Crippen molar-refractivity contribution in [3.63, 3.8) is 0 Å². The van der Waals surface area contributed by atoms with E-state index in [1.807, 2.05) is 75.1 Å². The third-order valence-corrected chi connectivity index (χ3v) is 11.4. The van der Waals surface area contributed by atoms with Crippen molar-refractivity contribution in [1.29, 1.82) is 0 Å². The van der Waals surface area contributed by atoms with Gasteiger partial charge in [0.2, 0.25) is 11.8 Å². The van der Waals surface area contributed by atoms with E-state index < -0.39 is 24.3 Å². The lowest BCUT2D eigenvalue weighted by Crippen LogP contribution is -2.53. The fourth-order valence-electron chi connectivity index (χ4n) is 8.13. The van der Waals surface area contributed by atoms with Crippen molar-refractivity contribution >= 4 is 34.9 Å². The largest absolute Gasteiger partial charge is 0.453 e. The minimum atomic E-state index is -0.697. The number of aromatic amines is 2. The summed E-state index contributed by atoms with van der Waals surface area (Å²) in [5.41, 5.74) is 6.27.